The van der Waals surface area contributed by atoms with Crippen molar-refractivity contribution in [3.63, 3.8) is 0 Å². The summed E-state index contributed by atoms with van der Waals surface area (Å²) in [5, 5.41) is 9.78. The molecule has 0 amide bonds. The van der Waals surface area contributed by atoms with Crippen LogP contribution < -0.4 is 11.4 Å². The van der Waals surface area contributed by atoms with Crippen molar-refractivity contribution in [1.82, 2.24) is 9.55 Å². The second kappa shape index (κ2) is 5.56. The molecule has 0 saturated carbocycles. The summed E-state index contributed by atoms with van der Waals surface area (Å²) in [5.74, 6) is -3.75. The summed E-state index contributed by atoms with van der Waals surface area (Å²) >= 11 is 0. The zero-order valence-corrected chi connectivity index (χ0v) is 12.5. The number of hydrogen-bond acceptors (Lipinski definition) is 6. The fraction of sp³-hybridized carbons (Fsp3) is 0.692. The summed E-state index contributed by atoms with van der Waals surface area (Å²) in [6.45, 7) is 5.02. The predicted octanol–water partition coefficient (Wildman–Crippen LogP) is 0.534. The monoisotopic (exact) mass is 319 g/mol. The van der Waals surface area contributed by atoms with Gasteiger partial charge in [0.05, 0.1) is 12.2 Å². The normalized spacial score (nSPS) is 28.0. The van der Waals surface area contributed by atoms with E-state index in [-0.39, 0.29) is 12.4 Å². The van der Waals surface area contributed by atoms with Crippen LogP contribution in [0.5, 0.6) is 0 Å². The number of aliphatic hydroxyl groups excluding tert-OH is 1. The second-order valence-electron chi connectivity index (χ2n) is 6.11. The quantitative estimate of drug-likeness (QED) is 0.843. The van der Waals surface area contributed by atoms with Gasteiger partial charge in [0, 0.05) is 6.20 Å². The Bertz CT molecular complexity index is 600. The first kappa shape index (κ1) is 16.8. The number of aliphatic hydroxyl groups is 1. The molecule has 0 aliphatic carbocycles. The van der Waals surface area contributed by atoms with Gasteiger partial charge in [0.2, 0.25) is 6.23 Å². The highest BCUT2D eigenvalue weighted by Gasteiger charge is 2.59. The van der Waals surface area contributed by atoms with Gasteiger partial charge in [0.15, 0.2) is 6.10 Å². The summed E-state index contributed by atoms with van der Waals surface area (Å²) in [7, 11) is 0. The molecule has 7 nitrogen and oxygen atoms in total. The molecule has 0 spiro atoms. The number of nitrogens with two attached hydrogens (primary N) is 1. The van der Waals surface area contributed by atoms with Crippen LogP contribution in [-0.4, -0.2) is 45.0 Å². The second-order valence-corrected chi connectivity index (χ2v) is 6.11. The Morgan fingerprint density at radius 3 is 2.73 bits per heavy atom. The van der Waals surface area contributed by atoms with E-state index in [4.69, 9.17) is 15.2 Å². The molecule has 2 rings (SSSR count). The van der Waals surface area contributed by atoms with E-state index in [1.807, 2.05) is 0 Å². The molecule has 1 aromatic heterocycles. The highest BCUT2D eigenvalue weighted by Crippen LogP contribution is 2.42. The van der Waals surface area contributed by atoms with Crippen LogP contribution in [0.1, 0.15) is 27.0 Å². The Morgan fingerprint density at radius 2 is 2.18 bits per heavy atom. The molecule has 1 aromatic rings. The molecule has 2 heterocycles. The average molecular weight is 319 g/mol. The topological polar surface area (TPSA) is 99.6 Å². The summed E-state index contributed by atoms with van der Waals surface area (Å²) in [5.41, 5.74) is 3.77. The zero-order valence-electron chi connectivity index (χ0n) is 12.5. The Kier molecular flexibility index (Phi) is 4.24. The molecule has 0 aromatic carbocycles. The molecule has 1 aliphatic heterocycles. The predicted molar refractivity (Wildman–Crippen MR) is 73.5 cm³/mol. The summed E-state index contributed by atoms with van der Waals surface area (Å²) in [4.78, 5) is 15.1. The van der Waals surface area contributed by atoms with Crippen molar-refractivity contribution >= 4 is 5.82 Å². The maximum atomic E-state index is 14.2. The number of ether oxygens (including phenoxy) is 2. The lowest BCUT2D eigenvalue weighted by molar-refractivity contribution is -0.141. The Labute approximate surface area is 125 Å². The maximum absolute atomic E-state index is 14.2. The van der Waals surface area contributed by atoms with Crippen molar-refractivity contribution in [2.75, 3.05) is 12.3 Å². The molecule has 22 heavy (non-hydrogen) atoms. The van der Waals surface area contributed by atoms with Gasteiger partial charge in [0.1, 0.15) is 11.9 Å². The standard InChI is InChI=1S/C13H19F2N3O4/c1-12(2,3)21-6-7-9(19)13(14,15)10(22-7)18-5-4-8(16)17-11(18)20/h4-5,7,9-10,19H,6H2,1-3H3,(H2,16,17,20)/t7-,9+,10-/m1/s1. The molecular formula is C13H19F2N3O4. The maximum Gasteiger partial charge on any atom is 0.351 e. The summed E-state index contributed by atoms with van der Waals surface area (Å²) < 4.78 is 39.5. The van der Waals surface area contributed by atoms with Crippen LogP contribution >= 0.6 is 0 Å². The molecule has 1 aliphatic rings. The van der Waals surface area contributed by atoms with Crippen LogP contribution in [0.25, 0.3) is 0 Å². The highest BCUT2D eigenvalue weighted by atomic mass is 19.3. The molecular weight excluding hydrogens is 300 g/mol. The van der Waals surface area contributed by atoms with E-state index in [0.29, 0.717) is 4.57 Å². The number of alkyl halides is 2. The third kappa shape index (κ3) is 3.26. The number of nitrogen functional groups attached to an aromatic ring is 1. The van der Waals surface area contributed by atoms with E-state index < -0.39 is 35.6 Å². The molecule has 0 unspecified atom stereocenters. The smallest absolute Gasteiger partial charge is 0.351 e. The van der Waals surface area contributed by atoms with Gasteiger partial charge in [-0.2, -0.15) is 13.8 Å². The molecule has 0 radical (unpaired) electrons. The van der Waals surface area contributed by atoms with Crippen molar-refractivity contribution in [2.24, 2.45) is 0 Å². The molecule has 3 atom stereocenters. The highest BCUT2D eigenvalue weighted by molar-refractivity contribution is 5.23. The Balaban J connectivity index is 2.24. The fourth-order valence-electron chi connectivity index (χ4n) is 2.04. The van der Waals surface area contributed by atoms with Gasteiger partial charge in [-0.25, -0.2) is 4.79 Å². The first-order chi connectivity index (χ1) is 10.0. The van der Waals surface area contributed by atoms with Gasteiger partial charge in [-0.15, -0.1) is 0 Å². The first-order valence-corrected chi connectivity index (χ1v) is 6.72. The fourth-order valence-corrected chi connectivity index (χ4v) is 2.04. The molecule has 0 bridgehead atoms. The molecule has 1 fully saturated rings. The number of rotatable bonds is 3. The van der Waals surface area contributed by atoms with Crippen molar-refractivity contribution in [3.8, 4) is 0 Å². The minimum Gasteiger partial charge on any atom is -0.384 e. The number of hydrogen-bond donors (Lipinski definition) is 2. The van der Waals surface area contributed by atoms with E-state index >= 15 is 0 Å². The number of halogens is 2. The Hall–Kier alpha value is -1.58. The third-order valence-electron chi connectivity index (χ3n) is 3.16. The van der Waals surface area contributed by atoms with Crippen molar-refractivity contribution in [3.05, 3.63) is 22.7 Å². The lowest BCUT2D eigenvalue weighted by Crippen LogP contribution is -2.42. The van der Waals surface area contributed by atoms with E-state index in [0.717, 1.165) is 6.20 Å². The Morgan fingerprint density at radius 1 is 1.55 bits per heavy atom. The van der Waals surface area contributed by atoms with Gasteiger partial charge in [-0.1, -0.05) is 0 Å². The molecule has 1 saturated heterocycles. The molecule has 9 heteroatoms. The van der Waals surface area contributed by atoms with Gasteiger partial charge in [-0.3, -0.25) is 4.57 Å². The number of anilines is 1. The van der Waals surface area contributed by atoms with Crippen LogP contribution in [0, 0.1) is 0 Å². The van der Waals surface area contributed by atoms with Gasteiger partial charge >= 0.3 is 11.6 Å². The molecule has 3 N–H and O–H groups in total. The largest absolute Gasteiger partial charge is 0.384 e. The minimum absolute atomic E-state index is 0.0873. The summed E-state index contributed by atoms with van der Waals surface area (Å²) in [6.07, 6.45) is -4.26. The SMILES string of the molecule is CC(C)(C)OC[C@H]1O[C@@H](n2ccc(N)nc2=O)C(F)(F)[C@H]1O. The lowest BCUT2D eigenvalue weighted by Gasteiger charge is -2.23. The van der Waals surface area contributed by atoms with Gasteiger partial charge in [0.25, 0.3) is 0 Å². The van der Waals surface area contributed by atoms with Crippen LogP contribution in [0.15, 0.2) is 17.1 Å². The van der Waals surface area contributed by atoms with Crippen LogP contribution in [0.2, 0.25) is 0 Å². The third-order valence-corrected chi connectivity index (χ3v) is 3.16. The minimum atomic E-state index is -3.66. The lowest BCUT2D eigenvalue weighted by atomic mass is 10.1. The van der Waals surface area contributed by atoms with E-state index in [1.165, 1.54) is 6.07 Å². The number of nitrogens with zero attached hydrogens (tertiary/aromatic N) is 2. The van der Waals surface area contributed by atoms with Crippen molar-refractivity contribution in [1.29, 1.82) is 0 Å². The first-order valence-electron chi connectivity index (χ1n) is 6.72. The molecule has 124 valence electrons. The summed E-state index contributed by atoms with van der Waals surface area (Å²) in [6, 6.07) is 1.20. The zero-order chi connectivity index (χ0) is 16.7. The van der Waals surface area contributed by atoms with Crippen LogP contribution in [-0.2, 0) is 9.47 Å². The van der Waals surface area contributed by atoms with E-state index in [2.05, 4.69) is 4.98 Å². The van der Waals surface area contributed by atoms with E-state index in [9.17, 15) is 18.7 Å². The van der Waals surface area contributed by atoms with Crippen molar-refractivity contribution < 1.29 is 23.4 Å². The van der Waals surface area contributed by atoms with Gasteiger partial charge < -0.3 is 20.3 Å². The van der Waals surface area contributed by atoms with E-state index in [1.54, 1.807) is 20.8 Å². The van der Waals surface area contributed by atoms with Crippen LogP contribution in [0.4, 0.5) is 14.6 Å². The average Bonchev–Trinajstić information content (AvgIpc) is 2.59. The van der Waals surface area contributed by atoms with Crippen molar-refractivity contribution in [2.45, 2.75) is 50.7 Å². The number of aromatic nitrogens is 2. The van der Waals surface area contributed by atoms with Crippen LogP contribution in [0.3, 0.4) is 0 Å². The van der Waals surface area contributed by atoms with Gasteiger partial charge in [-0.05, 0) is 26.8 Å².